The van der Waals surface area contributed by atoms with E-state index in [1.165, 1.54) is 0 Å². The number of nitriles is 1. The Morgan fingerprint density at radius 2 is 0.687 bits per heavy atom. The molecule has 0 unspecified atom stereocenters. The Morgan fingerprint density at radius 1 is 0.343 bits per heavy atom. The van der Waals surface area contributed by atoms with Crippen LogP contribution in [0.1, 0.15) is 5.56 Å². The summed E-state index contributed by atoms with van der Waals surface area (Å²) in [7, 11) is 0. The van der Waals surface area contributed by atoms with Gasteiger partial charge in [-0.2, -0.15) is 5.26 Å². The van der Waals surface area contributed by atoms with Crippen LogP contribution in [0.4, 0.5) is 17.1 Å². The maximum Gasteiger partial charge on any atom is 0.104 e. The van der Waals surface area contributed by atoms with Gasteiger partial charge in [0.05, 0.1) is 50.5 Å². The Balaban J connectivity index is 1.38. The first-order valence-electron chi connectivity index (χ1n) is 22.5. The molecular weight excluding hydrogens is 817 g/mol. The van der Waals surface area contributed by atoms with Gasteiger partial charge in [-0.25, -0.2) is 9.97 Å². The van der Waals surface area contributed by atoms with Gasteiger partial charge in [-0.3, -0.25) is 0 Å². The number of aromatic amines is 2. The van der Waals surface area contributed by atoms with Gasteiger partial charge in [0.2, 0.25) is 0 Å². The van der Waals surface area contributed by atoms with Gasteiger partial charge < -0.3 is 14.9 Å². The van der Waals surface area contributed by atoms with E-state index in [0.29, 0.717) is 16.8 Å². The lowest BCUT2D eigenvalue weighted by molar-refractivity contribution is 1.27. The molecule has 0 aliphatic carbocycles. The van der Waals surface area contributed by atoms with Gasteiger partial charge in [0.1, 0.15) is 11.6 Å². The van der Waals surface area contributed by atoms with E-state index in [1.54, 1.807) is 0 Å². The summed E-state index contributed by atoms with van der Waals surface area (Å²) in [5.74, 6) is 0. The molecule has 2 aliphatic heterocycles. The second-order valence-corrected chi connectivity index (χ2v) is 16.9. The van der Waals surface area contributed by atoms with Gasteiger partial charge in [0.15, 0.2) is 0 Å². The first-order chi connectivity index (χ1) is 33.2. The lowest BCUT2D eigenvalue weighted by atomic mass is 9.95. The van der Waals surface area contributed by atoms with Crippen LogP contribution in [0.15, 0.2) is 218 Å². The van der Waals surface area contributed by atoms with Crippen molar-refractivity contribution in [3.63, 3.8) is 0 Å². The number of benzene rings is 8. The first kappa shape index (κ1) is 38.2. The van der Waals surface area contributed by atoms with E-state index in [9.17, 15) is 5.26 Å². The molecular formula is C61H38N6. The molecule has 8 bridgehead atoms. The van der Waals surface area contributed by atoms with Crippen LogP contribution >= 0.6 is 0 Å². The second kappa shape index (κ2) is 15.4. The zero-order chi connectivity index (χ0) is 44.4. The quantitative estimate of drug-likeness (QED) is 0.181. The summed E-state index contributed by atoms with van der Waals surface area (Å²) < 4.78 is 0. The van der Waals surface area contributed by atoms with Crippen molar-refractivity contribution < 1.29 is 0 Å². The van der Waals surface area contributed by atoms with Crippen molar-refractivity contribution in [2.45, 2.75) is 0 Å². The van der Waals surface area contributed by atoms with E-state index < -0.39 is 0 Å². The molecule has 0 atom stereocenters. The average Bonchev–Trinajstić information content (AvgIpc) is 4.17. The third-order valence-corrected chi connectivity index (χ3v) is 13.2. The number of anilines is 3. The van der Waals surface area contributed by atoms with E-state index in [0.717, 1.165) is 117 Å². The monoisotopic (exact) mass is 854 g/mol. The Labute approximate surface area is 386 Å². The molecule has 0 radical (unpaired) electrons. The zero-order valence-electron chi connectivity index (χ0n) is 36.1. The van der Waals surface area contributed by atoms with Crippen molar-refractivity contribution in [3.05, 3.63) is 224 Å². The molecule has 2 N–H and O–H groups in total. The van der Waals surface area contributed by atoms with Crippen LogP contribution in [0.25, 0.3) is 111 Å². The molecule has 11 aromatic rings. The minimum Gasteiger partial charge on any atom is -0.353 e. The van der Waals surface area contributed by atoms with Crippen LogP contribution < -0.4 is 4.90 Å². The minimum atomic E-state index is 0.465. The van der Waals surface area contributed by atoms with E-state index >= 15 is 0 Å². The third kappa shape index (κ3) is 5.96. The molecule has 6 heteroatoms. The van der Waals surface area contributed by atoms with Crippen molar-refractivity contribution >= 4 is 60.7 Å². The lowest BCUT2D eigenvalue weighted by Crippen LogP contribution is -2.11. The van der Waals surface area contributed by atoms with Crippen LogP contribution in [0, 0.1) is 11.3 Å². The van der Waals surface area contributed by atoms with Crippen LogP contribution in [-0.4, -0.2) is 19.9 Å². The van der Waals surface area contributed by atoms with Gasteiger partial charge in [-0.1, -0.05) is 194 Å². The summed E-state index contributed by atoms with van der Waals surface area (Å²) in [6.45, 7) is 0. The van der Waals surface area contributed by atoms with Gasteiger partial charge in [-0.15, -0.1) is 0 Å². The summed E-state index contributed by atoms with van der Waals surface area (Å²) in [5.41, 5.74) is 17.5. The highest BCUT2D eigenvalue weighted by Gasteiger charge is 2.31. The molecule has 8 aromatic carbocycles. The summed E-state index contributed by atoms with van der Waals surface area (Å²) in [4.78, 5) is 21.9. The number of H-pyrrole nitrogens is 2. The van der Waals surface area contributed by atoms with Crippen molar-refractivity contribution in [3.8, 4) is 73.4 Å². The van der Waals surface area contributed by atoms with Crippen LogP contribution in [0.5, 0.6) is 0 Å². The standard InChI is InChI=1S/C61H38N6/c62-37-50-53-42-29-13-15-31-44(42)55(63-53)51(38-21-5-1-6-22-38)57-46-33-17-19-35-48(46)59(65-57)61(67(40-25-9-3-10-26-40)41-27-11-4-12-28-41)60-49-36-20-18-34-47(49)58(66-60)52(39-23-7-2-8-24-39)56-45-32-16-14-30-43(45)54(50)64-56/h1-36,63,66H. The summed E-state index contributed by atoms with van der Waals surface area (Å²) in [6, 6.07) is 78.7. The number of para-hydroxylation sites is 2. The maximum atomic E-state index is 11.5. The van der Waals surface area contributed by atoms with Gasteiger partial charge in [-0.05, 0) is 35.4 Å². The Morgan fingerprint density at radius 3 is 1.15 bits per heavy atom. The molecule has 13 rings (SSSR count). The fraction of sp³-hybridized carbons (Fsp3) is 0. The van der Waals surface area contributed by atoms with Crippen LogP contribution in [0.2, 0.25) is 0 Å². The Hall–Kier alpha value is -9.31. The van der Waals surface area contributed by atoms with E-state index in [1.807, 2.05) is 24.3 Å². The van der Waals surface area contributed by atoms with Crippen LogP contribution in [0.3, 0.4) is 0 Å². The van der Waals surface area contributed by atoms with E-state index in [-0.39, 0.29) is 0 Å². The number of rotatable bonds is 5. The molecule has 2 aliphatic rings. The van der Waals surface area contributed by atoms with Crippen LogP contribution in [-0.2, 0) is 0 Å². The first-order valence-corrected chi connectivity index (χ1v) is 22.5. The molecule has 0 fully saturated rings. The molecule has 6 nitrogen and oxygen atoms in total. The number of nitrogens with one attached hydrogen (secondary N) is 2. The zero-order valence-corrected chi connectivity index (χ0v) is 36.1. The smallest absolute Gasteiger partial charge is 0.104 e. The molecule has 0 amide bonds. The second-order valence-electron chi connectivity index (χ2n) is 16.9. The normalized spacial score (nSPS) is 11.6. The highest BCUT2D eigenvalue weighted by atomic mass is 15.2. The number of fused-ring (bicyclic) bond motifs is 20. The van der Waals surface area contributed by atoms with E-state index in [2.05, 4.69) is 215 Å². The maximum absolute atomic E-state index is 11.5. The lowest BCUT2D eigenvalue weighted by Gasteiger charge is -2.26. The number of nitrogens with zero attached hydrogens (tertiary/aromatic N) is 4. The molecule has 312 valence electrons. The number of hydrogen-bond donors (Lipinski definition) is 2. The average molecular weight is 855 g/mol. The SMILES string of the molecule is N#Cc1c2nc(c(-c3ccccc3)c3[nH]c(c(N(c4ccccc4)c4ccccc4)c4nc(c(-c5ccccc5)c5[nH]c1c1ccccc51)-c1ccccc1-4)c1ccccc31)-c1ccccc1-2. The predicted octanol–water partition coefficient (Wildman–Crippen LogP) is 16.0. The summed E-state index contributed by atoms with van der Waals surface area (Å²) >= 11 is 0. The summed E-state index contributed by atoms with van der Waals surface area (Å²) in [5, 5.41) is 15.4. The highest BCUT2D eigenvalue weighted by molar-refractivity contribution is 6.20. The van der Waals surface area contributed by atoms with Crippen molar-refractivity contribution in [1.82, 2.24) is 19.9 Å². The minimum absolute atomic E-state index is 0.465. The van der Waals surface area contributed by atoms with Gasteiger partial charge in [0, 0.05) is 66.3 Å². The fourth-order valence-corrected chi connectivity index (χ4v) is 10.3. The Bertz CT molecular complexity index is 3900. The Kier molecular flexibility index (Phi) is 8.80. The number of aromatic nitrogens is 4. The van der Waals surface area contributed by atoms with Crippen molar-refractivity contribution in [2.75, 3.05) is 4.90 Å². The molecule has 0 saturated carbocycles. The van der Waals surface area contributed by atoms with Crippen molar-refractivity contribution in [2.24, 2.45) is 0 Å². The number of hydrogen-bond acceptors (Lipinski definition) is 4. The third-order valence-electron chi connectivity index (χ3n) is 13.2. The van der Waals surface area contributed by atoms with Gasteiger partial charge in [0.25, 0.3) is 0 Å². The molecule has 5 heterocycles. The molecule has 0 saturated heterocycles. The highest BCUT2D eigenvalue weighted by Crippen LogP contribution is 2.52. The molecule has 0 spiro atoms. The van der Waals surface area contributed by atoms with E-state index in [4.69, 9.17) is 9.97 Å². The van der Waals surface area contributed by atoms with Gasteiger partial charge >= 0.3 is 0 Å². The predicted molar refractivity (Wildman–Crippen MR) is 275 cm³/mol. The largest absolute Gasteiger partial charge is 0.353 e. The summed E-state index contributed by atoms with van der Waals surface area (Å²) in [6.07, 6.45) is 0. The topological polar surface area (TPSA) is 84.4 Å². The van der Waals surface area contributed by atoms with Crippen molar-refractivity contribution in [1.29, 1.82) is 5.26 Å². The molecule has 67 heavy (non-hydrogen) atoms. The molecule has 3 aromatic heterocycles. The fourth-order valence-electron chi connectivity index (χ4n) is 10.3.